The fraction of sp³-hybridized carbons (Fsp3) is 0.318. The van der Waals surface area contributed by atoms with Gasteiger partial charge in [0.2, 0.25) is 0 Å². The van der Waals surface area contributed by atoms with Crippen LogP contribution in [-0.4, -0.2) is 31.2 Å². The summed E-state index contributed by atoms with van der Waals surface area (Å²) in [4.78, 5) is 14.8. The molecule has 4 rings (SSSR count). The largest absolute Gasteiger partial charge is 0.488 e. The van der Waals surface area contributed by atoms with E-state index in [4.69, 9.17) is 13.9 Å². The van der Waals surface area contributed by atoms with E-state index in [0.717, 1.165) is 30.0 Å². The lowest BCUT2D eigenvalue weighted by Gasteiger charge is -2.25. The summed E-state index contributed by atoms with van der Waals surface area (Å²) in [5.74, 6) is 1.41. The monoisotopic (exact) mass is 365 g/mol. The SMILES string of the molecule is Cc1c(OCc2ccccc2)ccc2c(=O)cc(CN3CCOCC3)oc12. The first-order chi connectivity index (χ1) is 13.2. The number of morpholine rings is 1. The van der Waals surface area contributed by atoms with Crippen LogP contribution in [0.15, 0.2) is 57.7 Å². The van der Waals surface area contributed by atoms with Gasteiger partial charge < -0.3 is 13.9 Å². The van der Waals surface area contributed by atoms with Crippen LogP contribution in [0.2, 0.25) is 0 Å². The average Bonchev–Trinajstić information content (AvgIpc) is 2.70. The standard InChI is InChI=1S/C22H23NO4/c1-16-21(26-15-17-5-3-2-4-6-17)8-7-19-20(24)13-18(27-22(16)19)14-23-9-11-25-12-10-23/h2-8,13H,9-12,14-15H2,1H3. The molecule has 0 amide bonds. The lowest BCUT2D eigenvalue weighted by atomic mass is 10.1. The maximum atomic E-state index is 12.5. The van der Waals surface area contributed by atoms with E-state index >= 15 is 0 Å². The number of rotatable bonds is 5. The summed E-state index contributed by atoms with van der Waals surface area (Å²) in [5.41, 5.74) is 2.54. The van der Waals surface area contributed by atoms with Gasteiger partial charge in [0.05, 0.1) is 25.1 Å². The lowest BCUT2D eigenvalue weighted by molar-refractivity contribution is 0.0314. The van der Waals surface area contributed by atoms with Gasteiger partial charge in [0, 0.05) is 24.7 Å². The summed E-state index contributed by atoms with van der Waals surface area (Å²) in [5, 5.41) is 0.588. The second-order valence-corrected chi connectivity index (χ2v) is 6.81. The van der Waals surface area contributed by atoms with Gasteiger partial charge in [-0.15, -0.1) is 0 Å². The van der Waals surface area contributed by atoms with Crippen molar-refractivity contribution in [3.8, 4) is 5.75 Å². The third kappa shape index (κ3) is 4.04. The molecule has 2 heterocycles. The molecule has 140 valence electrons. The maximum Gasteiger partial charge on any atom is 0.193 e. The van der Waals surface area contributed by atoms with Crippen molar-refractivity contribution in [1.82, 2.24) is 4.90 Å². The molecule has 5 nitrogen and oxygen atoms in total. The summed E-state index contributed by atoms with van der Waals surface area (Å²) >= 11 is 0. The zero-order valence-electron chi connectivity index (χ0n) is 15.4. The molecular weight excluding hydrogens is 342 g/mol. The molecule has 1 aliphatic heterocycles. The highest BCUT2D eigenvalue weighted by molar-refractivity contribution is 5.81. The number of ether oxygens (including phenoxy) is 2. The Morgan fingerprint density at radius 2 is 1.85 bits per heavy atom. The topological polar surface area (TPSA) is 51.9 Å². The molecule has 27 heavy (non-hydrogen) atoms. The van der Waals surface area contributed by atoms with Gasteiger partial charge in [-0.2, -0.15) is 0 Å². The molecule has 0 aliphatic carbocycles. The van der Waals surface area contributed by atoms with Gasteiger partial charge in [-0.1, -0.05) is 30.3 Å². The first kappa shape index (κ1) is 17.8. The van der Waals surface area contributed by atoms with Crippen LogP contribution in [0, 0.1) is 6.92 Å². The highest BCUT2D eigenvalue weighted by Gasteiger charge is 2.15. The molecule has 0 atom stereocenters. The summed E-state index contributed by atoms with van der Waals surface area (Å²) in [7, 11) is 0. The lowest BCUT2D eigenvalue weighted by Crippen LogP contribution is -2.35. The van der Waals surface area contributed by atoms with Crippen molar-refractivity contribution in [1.29, 1.82) is 0 Å². The summed E-state index contributed by atoms with van der Waals surface area (Å²) in [6.45, 7) is 6.16. The Kier molecular flexibility index (Phi) is 5.23. The van der Waals surface area contributed by atoms with Crippen molar-refractivity contribution in [2.45, 2.75) is 20.1 Å². The fourth-order valence-corrected chi connectivity index (χ4v) is 3.33. The van der Waals surface area contributed by atoms with Crippen molar-refractivity contribution in [3.63, 3.8) is 0 Å². The molecule has 5 heteroatoms. The quantitative estimate of drug-likeness (QED) is 0.693. The molecule has 1 saturated heterocycles. The average molecular weight is 365 g/mol. The van der Waals surface area contributed by atoms with E-state index in [-0.39, 0.29) is 5.43 Å². The molecule has 1 fully saturated rings. The van der Waals surface area contributed by atoms with Gasteiger partial charge in [0.1, 0.15) is 23.7 Å². The number of nitrogens with zero attached hydrogens (tertiary/aromatic N) is 1. The normalized spacial score (nSPS) is 15.1. The van der Waals surface area contributed by atoms with Crippen LogP contribution in [0.4, 0.5) is 0 Å². The Labute approximate surface area is 158 Å². The predicted octanol–water partition coefficient (Wildman–Crippen LogP) is 3.51. The number of hydrogen-bond acceptors (Lipinski definition) is 5. The van der Waals surface area contributed by atoms with Crippen molar-refractivity contribution in [2.75, 3.05) is 26.3 Å². The Bertz CT molecular complexity index is 975. The van der Waals surface area contributed by atoms with Gasteiger partial charge in [-0.3, -0.25) is 9.69 Å². The van der Waals surface area contributed by atoms with Gasteiger partial charge in [-0.25, -0.2) is 0 Å². The molecule has 1 aliphatic rings. The minimum atomic E-state index is -0.0165. The van der Waals surface area contributed by atoms with E-state index in [1.807, 2.05) is 43.3 Å². The number of aryl methyl sites for hydroxylation is 1. The van der Waals surface area contributed by atoms with Crippen LogP contribution in [0.25, 0.3) is 11.0 Å². The zero-order valence-corrected chi connectivity index (χ0v) is 15.4. The Hall–Kier alpha value is -2.63. The van der Waals surface area contributed by atoms with Crippen molar-refractivity contribution >= 4 is 11.0 Å². The minimum Gasteiger partial charge on any atom is -0.488 e. The van der Waals surface area contributed by atoms with Gasteiger partial charge >= 0.3 is 0 Å². The van der Waals surface area contributed by atoms with Crippen LogP contribution >= 0.6 is 0 Å². The second kappa shape index (κ2) is 7.94. The maximum absolute atomic E-state index is 12.5. The first-order valence-electron chi connectivity index (χ1n) is 9.24. The molecule has 0 N–H and O–H groups in total. The van der Waals surface area contributed by atoms with Crippen LogP contribution in [0.5, 0.6) is 5.75 Å². The molecular formula is C22H23NO4. The summed E-state index contributed by atoms with van der Waals surface area (Å²) in [6, 6.07) is 15.2. The van der Waals surface area contributed by atoms with E-state index in [1.165, 1.54) is 0 Å². The van der Waals surface area contributed by atoms with Crippen molar-refractivity contribution in [2.24, 2.45) is 0 Å². The van der Waals surface area contributed by atoms with Gasteiger partial charge in [0.15, 0.2) is 5.43 Å². The summed E-state index contributed by atoms with van der Waals surface area (Å²) in [6.07, 6.45) is 0. The molecule has 0 radical (unpaired) electrons. The highest BCUT2D eigenvalue weighted by Crippen LogP contribution is 2.27. The van der Waals surface area contributed by atoms with Crippen LogP contribution in [-0.2, 0) is 17.9 Å². The Morgan fingerprint density at radius 1 is 1.07 bits per heavy atom. The number of fused-ring (bicyclic) bond motifs is 1. The van der Waals surface area contributed by atoms with E-state index in [1.54, 1.807) is 12.1 Å². The molecule has 2 aromatic carbocycles. The smallest absolute Gasteiger partial charge is 0.193 e. The molecule has 0 saturated carbocycles. The third-order valence-electron chi connectivity index (χ3n) is 4.87. The Balaban J connectivity index is 1.60. The third-order valence-corrected chi connectivity index (χ3v) is 4.87. The van der Waals surface area contributed by atoms with E-state index in [9.17, 15) is 4.79 Å². The predicted molar refractivity (Wildman–Crippen MR) is 104 cm³/mol. The Morgan fingerprint density at radius 3 is 2.63 bits per heavy atom. The molecule has 3 aromatic rings. The van der Waals surface area contributed by atoms with Crippen LogP contribution in [0.1, 0.15) is 16.9 Å². The highest BCUT2D eigenvalue weighted by atomic mass is 16.5. The van der Waals surface area contributed by atoms with E-state index in [0.29, 0.717) is 43.1 Å². The van der Waals surface area contributed by atoms with Crippen molar-refractivity contribution in [3.05, 3.63) is 75.6 Å². The first-order valence-corrected chi connectivity index (χ1v) is 9.24. The second-order valence-electron chi connectivity index (χ2n) is 6.81. The van der Waals surface area contributed by atoms with E-state index < -0.39 is 0 Å². The molecule has 0 spiro atoms. The minimum absolute atomic E-state index is 0.0165. The number of benzene rings is 2. The molecule has 0 bridgehead atoms. The number of hydrogen-bond donors (Lipinski definition) is 0. The fourth-order valence-electron chi connectivity index (χ4n) is 3.33. The molecule has 1 aromatic heterocycles. The van der Waals surface area contributed by atoms with E-state index in [2.05, 4.69) is 4.90 Å². The van der Waals surface area contributed by atoms with Crippen LogP contribution < -0.4 is 10.2 Å². The van der Waals surface area contributed by atoms with Gasteiger partial charge in [0.25, 0.3) is 0 Å². The van der Waals surface area contributed by atoms with Crippen molar-refractivity contribution < 1.29 is 13.9 Å². The van der Waals surface area contributed by atoms with Crippen LogP contribution in [0.3, 0.4) is 0 Å². The summed E-state index contributed by atoms with van der Waals surface area (Å²) < 4.78 is 17.5. The van der Waals surface area contributed by atoms with Gasteiger partial charge in [-0.05, 0) is 24.6 Å². The zero-order chi connectivity index (χ0) is 18.6. The molecule has 0 unspecified atom stereocenters.